The molecule has 2 atom stereocenters. The third kappa shape index (κ3) is 10.9. The fourth-order valence-electron chi connectivity index (χ4n) is 2.05. The van der Waals surface area contributed by atoms with Crippen molar-refractivity contribution in [2.45, 2.75) is 45.8 Å². The van der Waals surface area contributed by atoms with E-state index in [0.717, 1.165) is 5.57 Å². The second-order valence-electron chi connectivity index (χ2n) is 7.36. The third-order valence-electron chi connectivity index (χ3n) is 4.13. The van der Waals surface area contributed by atoms with Gasteiger partial charge in [0, 0.05) is 18.2 Å². The Morgan fingerprint density at radius 2 is 1.66 bits per heavy atom. The summed E-state index contributed by atoms with van der Waals surface area (Å²) in [6.45, 7) is 9.82. The standard InChI is InChI=1S/C10H13ClO2.C7H5ClO.C4H12N2.ClH/c1-7-5-4-6-8(9(11)12)10(7,2)13-3;8-7(9)6-4-2-1-3-5-6;1-4(2,3)6-5;/h4-6,8H,1-3H3;1-5H;6H,5H2,1-3H3;1H. The lowest BCUT2D eigenvalue weighted by Crippen LogP contribution is -2.41. The molecule has 1 aromatic rings. The molecule has 0 bridgehead atoms. The zero-order valence-electron chi connectivity index (χ0n) is 17.7. The normalized spacial score (nSPS) is 20.0. The van der Waals surface area contributed by atoms with Gasteiger partial charge in [0.15, 0.2) is 0 Å². The Morgan fingerprint density at radius 1 is 1.17 bits per heavy atom. The minimum atomic E-state index is -0.590. The van der Waals surface area contributed by atoms with Crippen LogP contribution in [0.2, 0.25) is 0 Å². The van der Waals surface area contributed by atoms with E-state index in [1.165, 1.54) is 0 Å². The molecule has 2 unspecified atom stereocenters. The number of nitrogens with one attached hydrogen (secondary N) is 1. The van der Waals surface area contributed by atoms with Crippen LogP contribution in [0, 0.1) is 5.92 Å². The van der Waals surface area contributed by atoms with Crippen LogP contribution in [0.15, 0.2) is 54.1 Å². The molecule has 29 heavy (non-hydrogen) atoms. The topological polar surface area (TPSA) is 81.4 Å². The number of hydrogen-bond acceptors (Lipinski definition) is 5. The molecule has 1 aromatic carbocycles. The van der Waals surface area contributed by atoms with E-state index in [4.69, 9.17) is 33.8 Å². The summed E-state index contributed by atoms with van der Waals surface area (Å²) < 4.78 is 5.34. The lowest BCUT2D eigenvalue weighted by atomic mass is 9.80. The summed E-state index contributed by atoms with van der Waals surface area (Å²) in [4.78, 5) is 21.5. The molecule has 5 nitrogen and oxygen atoms in total. The van der Waals surface area contributed by atoms with Crippen LogP contribution in [-0.4, -0.2) is 28.7 Å². The molecular weight excluding hydrogens is 435 g/mol. The molecule has 0 spiro atoms. The molecule has 0 amide bonds. The molecule has 0 aromatic heterocycles. The van der Waals surface area contributed by atoms with Crippen molar-refractivity contribution in [3.63, 3.8) is 0 Å². The van der Waals surface area contributed by atoms with Gasteiger partial charge in [-0.25, -0.2) is 0 Å². The summed E-state index contributed by atoms with van der Waals surface area (Å²) in [6, 6.07) is 8.74. The summed E-state index contributed by atoms with van der Waals surface area (Å²) in [5.74, 6) is 4.67. The molecule has 0 heterocycles. The quantitative estimate of drug-likeness (QED) is 0.372. The Balaban J connectivity index is 0. The zero-order valence-corrected chi connectivity index (χ0v) is 20.0. The number of nitrogens with two attached hydrogens (primary N) is 1. The van der Waals surface area contributed by atoms with Crippen molar-refractivity contribution in [2.75, 3.05) is 7.11 Å². The van der Waals surface area contributed by atoms with Crippen molar-refractivity contribution in [3.05, 3.63) is 59.7 Å². The van der Waals surface area contributed by atoms with E-state index in [9.17, 15) is 9.59 Å². The second kappa shape index (κ2) is 13.9. The van der Waals surface area contributed by atoms with Gasteiger partial charge in [0.2, 0.25) is 5.24 Å². The maximum atomic E-state index is 11.1. The predicted molar refractivity (Wildman–Crippen MR) is 124 cm³/mol. The monoisotopic (exact) mass is 464 g/mol. The summed E-state index contributed by atoms with van der Waals surface area (Å²) in [5.41, 5.74) is 3.64. The van der Waals surface area contributed by atoms with Gasteiger partial charge in [0.05, 0.1) is 5.92 Å². The molecule has 0 saturated carbocycles. The molecule has 1 aliphatic carbocycles. The van der Waals surface area contributed by atoms with Crippen LogP contribution in [0.3, 0.4) is 0 Å². The van der Waals surface area contributed by atoms with Crippen molar-refractivity contribution in [1.29, 1.82) is 0 Å². The minimum Gasteiger partial charge on any atom is -0.373 e. The summed E-state index contributed by atoms with van der Waals surface area (Å²) in [6.07, 6.45) is 5.53. The average Bonchev–Trinajstić information content (AvgIpc) is 2.65. The Hall–Kier alpha value is -1.21. The van der Waals surface area contributed by atoms with Gasteiger partial charge >= 0.3 is 0 Å². The van der Waals surface area contributed by atoms with E-state index in [-0.39, 0.29) is 29.1 Å². The third-order valence-corrected chi connectivity index (χ3v) is 4.58. The van der Waals surface area contributed by atoms with Crippen LogP contribution >= 0.6 is 35.6 Å². The number of ether oxygens (including phenoxy) is 1. The number of rotatable bonds is 3. The fourth-order valence-corrected chi connectivity index (χ4v) is 2.46. The first kappa shape index (κ1) is 30.0. The molecule has 8 heteroatoms. The van der Waals surface area contributed by atoms with Crippen LogP contribution in [0.1, 0.15) is 45.0 Å². The highest BCUT2D eigenvalue weighted by atomic mass is 35.5. The Kier molecular flexibility index (Phi) is 14.4. The van der Waals surface area contributed by atoms with E-state index >= 15 is 0 Å². The number of halogens is 3. The van der Waals surface area contributed by atoms with E-state index < -0.39 is 10.8 Å². The van der Waals surface area contributed by atoms with Gasteiger partial charge in [-0.15, -0.1) is 12.4 Å². The molecule has 0 saturated heterocycles. The average molecular weight is 466 g/mol. The largest absolute Gasteiger partial charge is 0.373 e. The van der Waals surface area contributed by atoms with Gasteiger partial charge in [-0.2, -0.15) is 0 Å². The van der Waals surface area contributed by atoms with E-state index in [1.54, 1.807) is 37.5 Å². The highest BCUT2D eigenvalue weighted by Crippen LogP contribution is 2.34. The Labute approximate surface area is 190 Å². The van der Waals surface area contributed by atoms with Gasteiger partial charge in [-0.05, 0) is 63.4 Å². The molecule has 0 aliphatic heterocycles. The van der Waals surface area contributed by atoms with E-state index in [0.29, 0.717) is 5.56 Å². The summed E-state index contributed by atoms with van der Waals surface area (Å²) >= 11 is 10.7. The number of hydrogen-bond donors (Lipinski definition) is 2. The molecule has 2 rings (SSSR count). The predicted octanol–water partition coefficient (Wildman–Crippen LogP) is 5.02. The number of allylic oxidation sites excluding steroid dienone is 2. The molecule has 0 fully saturated rings. The first-order valence-electron chi connectivity index (χ1n) is 8.71. The highest BCUT2D eigenvalue weighted by Gasteiger charge is 2.39. The van der Waals surface area contributed by atoms with Crippen molar-refractivity contribution in [2.24, 2.45) is 11.8 Å². The Bertz CT molecular complexity index is 701. The smallest absolute Gasteiger partial charge is 0.252 e. The Morgan fingerprint density at radius 3 is 1.93 bits per heavy atom. The van der Waals surface area contributed by atoms with Crippen molar-refractivity contribution in [3.8, 4) is 0 Å². The molecule has 3 N–H and O–H groups in total. The van der Waals surface area contributed by atoms with Crippen LogP contribution in [0.4, 0.5) is 0 Å². The number of methoxy groups -OCH3 is 1. The van der Waals surface area contributed by atoms with Gasteiger partial charge < -0.3 is 4.74 Å². The highest BCUT2D eigenvalue weighted by molar-refractivity contribution is 6.67. The van der Waals surface area contributed by atoms with E-state index in [1.807, 2.05) is 52.8 Å². The first-order valence-corrected chi connectivity index (χ1v) is 9.47. The maximum Gasteiger partial charge on any atom is 0.252 e. The van der Waals surface area contributed by atoms with E-state index in [2.05, 4.69) is 5.43 Å². The lowest BCUT2D eigenvalue weighted by Gasteiger charge is -2.35. The molecule has 1 aliphatic rings. The number of carbonyl (C=O) groups excluding carboxylic acids is 2. The van der Waals surface area contributed by atoms with Crippen LogP contribution in [-0.2, 0) is 9.53 Å². The molecule has 0 radical (unpaired) electrons. The first-order chi connectivity index (χ1) is 12.9. The fraction of sp³-hybridized carbons (Fsp3) is 0.429. The van der Waals surface area contributed by atoms with Crippen molar-refractivity contribution in [1.82, 2.24) is 5.43 Å². The van der Waals surface area contributed by atoms with Crippen LogP contribution in [0.25, 0.3) is 0 Å². The maximum absolute atomic E-state index is 11.1. The van der Waals surface area contributed by atoms with Gasteiger partial charge in [0.25, 0.3) is 5.24 Å². The number of benzene rings is 1. The number of carbonyl (C=O) groups is 2. The zero-order chi connectivity index (χ0) is 22.0. The van der Waals surface area contributed by atoms with Crippen molar-refractivity contribution >= 4 is 46.1 Å². The lowest BCUT2D eigenvalue weighted by molar-refractivity contribution is -0.120. The van der Waals surface area contributed by atoms with Crippen LogP contribution < -0.4 is 11.3 Å². The van der Waals surface area contributed by atoms with Crippen LogP contribution in [0.5, 0.6) is 0 Å². The summed E-state index contributed by atoms with van der Waals surface area (Å²) in [5, 5.41) is -0.788. The minimum absolute atomic E-state index is 0. The number of hydrazine groups is 1. The summed E-state index contributed by atoms with van der Waals surface area (Å²) in [7, 11) is 1.59. The second-order valence-corrected chi connectivity index (χ2v) is 8.08. The van der Waals surface area contributed by atoms with Crippen molar-refractivity contribution < 1.29 is 14.3 Å². The SMILES string of the molecule is CC(C)(C)NN.COC1(C)C(C)=CC=CC1C(=O)Cl.Cl.O=C(Cl)c1ccccc1. The van der Waals surface area contributed by atoms with Gasteiger partial charge in [-0.3, -0.25) is 20.9 Å². The molecule has 164 valence electrons. The van der Waals surface area contributed by atoms with Gasteiger partial charge in [-0.1, -0.05) is 48.6 Å². The molecular formula is C21H31Cl3N2O3. The van der Waals surface area contributed by atoms with Gasteiger partial charge in [0.1, 0.15) is 5.60 Å².